The minimum Gasteiger partial charge on any atom is -0.342 e. The number of benzene rings is 2. The number of para-hydroxylation sites is 2. The fourth-order valence-electron chi connectivity index (χ4n) is 3.07. The second-order valence-electron chi connectivity index (χ2n) is 6.01. The molecule has 1 N–H and O–H groups in total. The van der Waals surface area contributed by atoms with E-state index < -0.39 is 11.6 Å². The van der Waals surface area contributed by atoms with Crippen molar-refractivity contribution in [3.05, 3.63) is 59.9 Å². The van der Waals surface area contributed by atoms with Gasteiger partial charge in [0.25, 0.3) is 0 Å². The minimum absolute atomic E-state index is 0.416. The number of piperidine rings is 1. The average molecular weight is 345 g/mol. The summed E-state index contributed by atoms with van der Waals surface area (Å²) in [6.07, 6.45) is 1.99. The van der Waals surface area contributed by atoms with Gasteiger partial charge in [0.15, 0.2) is 11.6 Å². The molecule has 6 heteroatoms. The first kappa shape index (κ1) is 15.6. The third-order valence-electron chi connectivity index (χ3n) is 4.37. The Labute approximate surface area is 143 Å². The molecule has 3 aromatic rings. The lowest BCUT2D eigenvalue weighted by Gasteiger charge is -2.29. The van der Waals surface area contributed by atoms with E-state index in [2.05, 4.69) is 9.29 Å². The second-order valence-corrected chi connectivity index (χ2v) is 7.18. The Balaban J connectivity index is 1.40. The smallest absolute Gasteiger partial charge is 0.159 e. The number of fused-ring (bicyclic) bond motifs is 1. The number of halogens is 2. The molecule has 1 aliphatic heterocycles. The van der Waals surface area contributed by atoms with Crippen molar-refractivity contribution >= 4 is 23.0 Å². The standard InChI is InChI=1S/C18H17F2N3S/c19-14-6-5-13(11-15(14)20)24-23-9-7-12(8-10-23)18-21-16-3-1-2-4-17(16)22-18/h1-6,11-12H,7-10H2,(H,21,22). The van der Waals surface area contributed by atoms with Gasteiger partial charge in [-0.1, -0.05) is 12.1 Å². The quantitative estimate of drug-likeness (QED) is 0.697. The van der Waals surface area contributed by atoms with E-state index >= 15 is 0 Å². The van der Waals surface area contributed by atoms with Crippen molar-refractivity contribution in [2.24, 2.45) is 0 Å². The van der Waals surface area contributed by atoms with E-state index in [0.717, 1.165) is 47.7 Å². The highest BCUT2D eigenvalue weighted by Crippen LogP contribution is 2.33. The Morgan fingerprint density at radius 1 is 1.04 bits per heavy atom. The Morgan fingerprint density at radius 2 is 1.83 bits per heavy atom. The summed E-state index contributed by atoms with van der Waals surface area (Å²) in [5.74, 6) is -0.131. The Bertz CT molecular complexity index is 823. The molecule has 0 spiro atoms. The highest BCUT2D eigenvalue weighted by Gasteiger charge is 2.23. The molecular weight excluding hydrogens is 328 g/mol. The lowest BCUT2D eigenvalue weighted by atomic mass is 9.97. The van der Waals surface area contributed by atoms with Crippen LogP contribution in [0.25, 0.3) is 11.0 Å². The van der Waals surface area contributed by atoms with Crippen LogP contribution in [0.5, 0.6) is 0 Å². The van der Waals surface area contributed by atoms with Gasteiger partial charge in [0.1, 0.15) is 5.82 Å². The molecule has 0 amide bonds. The maximum Gasteiger partial charge on any atom is 0.159 e. The molecule has 4 rings (SSSR count). The first-order valence-electron chi connectivity index (χ1n) is 8.01. The number of hydrogen-bond donors (Lipinski definition) is 1. The van der Waals surface area contributed by atoms with E-state index in [-0.39, 0.29) is 0 Å². The third kappa shape index (κ3) is 3.16. The van der Waals surface area contributed by atoms with Gasteiger partial charge in [0.05, 0.1) is 11.0 Å². The fourth-order valence-corrected chi connectivity index (χ4v) is 4.05. The number of H-pyrrole nitrogens is 1. The minimum atomic E-state index is -0.803. The summed E-state index contributed by atoms with van der Waals surface area (Å²) < 4.78 is 28.5. The number of nitrogens with zero attached hydrogens (tertiary/aromatic N) is 2. The van der Waals surface area contributed by atoms with Crippen molar-refractivity contribution in [2.45, 2.75) is 23.7 Å². The zero-order valence-electron chi connectivity index (χ0n) is 13.0. The summed E-state index contributed by atoms with van der Waals surface area (Å²) in [5.41, 5.74) is 2.08. The van der Waals surface area contributed by atoms with Gasteiger partial charge in [-0.05, 0) is 55.1 Å². The lowest BCUT2D eigenvalue weighted by molar-refractivity contribution is 0.339. The number of imidazole rings is 1. The molecule has 0 atom stereocenters. The molecule has 1 saturated heterocycles. The average Bonchev–Trinajstić information content (AvgIpc) is 3.03. The van der Waals surface area contributed by atoms with E-state index in [9.17, 15) is 8.78 Å². The first-order valence-corrected chi connectivity index (χ1v) is 8.79. The molecule has 1 fully saturated rings. The Morgan fingerprint density at radius 3 is 2.58 bits per heavy atom. The van der Waals surface area contributed by atoms with Gasteiger partial charge in [0.2, 0.25) is 0 Å². The predicted molar refractivity (Wildman–Crippen MR) is 91.9 cm³/mol. The molecule has 0 bridgehead atoms. The topological polar surface area (TPSA) is 31.9 Å². The van der Waals surface area contributed by atoms with Gasteiger partial charge in [-0.15, -0.1) is 0 Å². The molecule has 124 valence electrons. The van der Waals surface area contributed by atoms with Crippen molar-refractivity contribution in [1.29, 1.82) is 0 Å². The molecular formula is C18H17F2N3S. The monoisotopic (exact) mass is 345 g/mol. The molecule has 0 saturated carbocycles. The summed E-state index contributed by atoms with van der Waals surface area (Å²) in [6, 6.07) is 12.1. The number of nitrogens with one attached hydrogen (secondary N) is 1. The van der Waals surface area contributed by atoms with Crippen molar-refractivity contribution in [2.75, 3.05) is 13.1 Å². The molecule has 0 aliphatic carbocycles. The zero-order chi connectivity index (χ0) is 16.5. The van der Waals surface area contributed by atoms with Gasteiger partial charge >= 0.3 is 0 Å². The molecule has 1 aromatic heterocycles. The van der Waals surface area contributed by atoms with E-state index in [1.54, 1.807) is 6.07 Å². The molecule has 24 heavy (non-hydrogen) atoms. The number of aromatic amines is 1. The molecule has 3 nitrogen and oxygen atoms in total. The Kier molecular flexibility index (Phi) is 4.24. The fraction of sp³-hybridized carbons (Fsp3) is 0.278. The van der Waals surface area contributed by atoms with Gasteiger partial charge < -0.3 is 4.98 Å². The van der Waals surface area contributed by atoms with Crippen molar-refractivity contribution in [1.82, 2.24) is 14.3 Å². The third-order valence-corrected chi connectivity index (χ3v) is 5.46. The maximum absolute atomic E-state index is 13.3. The first-order chi connectivity index (χ1) is 11.7. The predicted octanol–water partition coefficient (Wildman–Crippen LogP) is 4.73. The Hall–Kier alpha value is -1.92. The summed E-state index contributed by atoms with van der Waals surface area (Å²) in [6.45, 7) is 1.79. The second kappa shape index (κ2) is 6.53. The van der Waals surface area contributed by atoms with Crippen LogP contribution in [0.1, 0.15) is 24.6 Å². The van der Waals surface area contributed by atoms with Gasteiger partial charge in [-0.3, -0.25) is 0 Å². The number of rotatable bonds is 3. The van der Waals surface area contributed by atoms with E-state index in [1.807, 2.05) is 24.3 Å². The van der Waals surface area contributed by atoms with Gasteiger partial charge in [-0.25, -0.2) is 18.1 Å². The summed E-state index contributed by atoms with van der Waals surface area (Å²) in [7, 11) is 0. The van der Waals surface area contributed by atoms with Crippen LogP contribution < -0.4 is 0 Å². The van der Waals surface area contributed by atoms with Crippen LogP contribution in [-0.4, -0.2) is 27.4 Å². The van der Waals surface area contributed by atoms with Crippen molar-refractivity contribution < 1.29 is 8.78 Å². The molecule has 1 aliphatic rings. The summed E-state index contributed by atoms with van der Waals surface area (Å²) in [4.78, 5) is 8.84. The molecule has 0 radical (unpaired) electrons. The largest absolute Gasteiger partial charge is 0.342 e. The highest BCUT2D eigenvalue weighted by atomic mass is 32.2. The normalized spacial score (nSPS) is 16.8. The maximum atomic E-state index is 13.3. The van der Waals surface area contributed by atoms with Crippen molar-refractivity contribution in [3.63, 3.8) is 0 Å². The van der Waals surface area contributed by atoms with E-state index in [4.69, 9.17) is 4.98 Å². The van der Waals surface area contributed by atoms with Gasteiger partial charge in [0, 0.05) is 23.9 Å². The van der Waals surface area contributed by atoms with E-state index in [1.165, 1.54) is 24.1 Å². The van der Waals surface area contributed by atoms with Crippen LogP contribution >= 0.6 is 11.9 Å². The summed E-state index contributed by atoms with van der Waals surface area (Å²) >= 11 is 1.49. The van der Waals surface area contributed by atoms with Crippen LogP contribution in [0, 0.1) is 11.6 Å². The van der Waals surface area contributed by atoms with Crippen LogP contribution in [-0.2, 0) is 0 Å². The number of hydrogen-bond acceptors (Lipinski definition) is 3. The number of aromatic nitrogens is 2. The molecule has 2 aromatic carbocycles. The van der Waals surface area contributed by atoms with Crippen LogP contribution in [0.15, 0.2) is 47.4 Å². The van der Waals surface area contributed by atoms with Crippen LogP contribution in [0.2, 0.25) is 0 Å². The molecule has 0 unspecified atom stereocenters. The van der Waals surface area contributed by atoms with E-state index in [0.29, 0.717) is 5.92 Å². The van der Waals surface area contributed by atoms with Crippen molar-refractivity contribution in [3.8, 4) is 0 Å². The lowest BCUT2D eigenvalue weighted by Crippen LogP contribution is -2.27. The highest BCUT2D eigenvalue weighted by molar-refractivity contribution is 7.97. The van der Waals surface area contributed by atoms with Crippen LogP contribution in [0.4, 0.5) is 8.78 Å². The van der Waals surface area contributed by atoms with Crippen LogP contribution in [0.3, 0.4) is 0 Å². The van der Waals surface area contributed by atoms with Gasteiger partial charge in [-0.2, -0.15) is 0 Å². The SMILES string of the molecule is Fc1ccc(SN2CCC(c3nc4ccccc4[nH]3)CC2)cc1F. The summed E-state index contributed by atoms with van der Waals surface area (Å²) in [5, 5.41) is 0. The molecule has 2 heterocycles. The zero-order valence-corrected chi connectivity index (χ0v) is 13.8.